The summed E-state index contributed by atoms with van der Waals surface area (Å²) in [6, 6.07) is 0. The zero-order chi connectivity index (χ0) is 10.7. The van der Waals surface area contributed by atoms with E-state index in [0.29, 0.717) is 6.10 Å². The smallest absolute Gasteiger partial charge is 0.197 e. The minimum absolute atomic E-state index is 0.394. The molecule has 0 spiro atoms. The maximum atomic E-state index is 5.32. The van der Waals surface area contributed by atoms with E-state index in [2.05, 4.69) is 15.3 Å². The van der Waals surface area contributed by atoms with Gasteiger partial charge in [0, 0.05) is 37.8 Å². The standard InChI is InChI=1S/C9H16N4OS/c1-14-7-2-3-13(5-7)6-8-4-11-9(12-10)15-8/h4,7H,2-3,5-6,10H2,1H3,(H,11,12). The van der Waals surface area contributed by atoms with E-state index in [1.807, 2.05) is 6.20 Å². The van der Waals surface area contributed by atoms with Crippen LogP contribution in [0, 0.1) is 0 Å². The Morgan fingerprint density at radius 1 is 1.80 bits per heavy atom. The molecule has 0 bridgehead atoms. The first-order valence-corrected chi connectivity index (χ1v) is 5.80. The highest BCUT2D eigenvalue weighted by atomic mass is 32.1. The predicted molar refractivity (Wildman–Crippen MR) is 60.6 cm³/mol. The number of rotatable bonds is 4. The lowest BCUT2D eigenvalue weighted by Gasteiger charge is -2.13. The van der Waals surface area contributed by atoms with Crippen LogP contribution in [0.3, 0.4) is 0 Å². The van der Waals surface area contributed by atoms with Crippen LogP contribution in [0.25, 0.3) is 0 Å². The summed E-state index contributed by atoms with van der Waals surface area (Å²) in [5.41, 5.74) is 2.56. The molecule has 2 rings (SSSR count). The first-order chi connectivity index (χ1) is 7.31. The van der Waals surface area contributed by atoms with Crippen LogP contribution in [0.1, 0.15) is 11.3 Å². The number of hydrogen-bond donors (Lipinski definition) is 2. The molecule has 2 heterocycles. The molecule has 0 saturated carbocycles. The molecular weight excluding hydrogens is 212 g/mol. The van der Waals surface area contributed by atoms with Crippen molar-refractivity contribution in [1.29, 1.82) is 0 Å². The molecule has 1 atom stereocenters. The van der Waals surface area contributed by atoms with Gasteiger partial charge in [0.05, 0.1) is 6.10 Å². The Balaban J connectivity index is 1.87. The molecule has 1 unspecified atom stereocenters. The van der Waals surface area contributed by atoms with Gasteiger partial charge in [-0.2, -0.15) is 0 Å². The van der Waals surface area contributed by atoms with E-state index in [1.165, 1.54) is 4.88 Å². The first kappa shape index (κ1) is 10.8. The number of aromatic nitrogens is 1. The normalized spacial score (nSPS) is 22.1. The number of nitrogens with two attached hydrogens (primary N) is 1. The van der Waals surface area contributed by atoms with Crippen molar-refractivity contribution in [2.24, 2.45) is 5.84 Å². The third-order valence-electron chi connectivity index (χ3n) is 2.62. The van der Waals surface area contributed by atoms with Crippen LogP contribution in [-0.2, 0) is 11.3 Å². The van der Waals surface area contributed by atoms with Gasteiger partial charge in [0.15, 0.2) is 5.13 Å². The first-order valence-electron chi connectivity index (χ1n) is 4.98. The lowest BCUT2D eigenvalue weighted by molar-refractivity contribution is 0.107. The lowest BCUT2D eigenvalue weighted by atomic mass is 10.3. The molecule has 0 aromatic carbocycles. The van der Waals surface area contributed by atoms with E-state index >= 15 is 0 Å². The summed E-state index contributed by atoms with van der Waals surface area (Å²) in [5.74, 6) is 5.28. The van der Waals surface area contributed by atoms with Crippen molar-refractivity contribution in [3.8, 4) is 0 Å². The molecule has 5 nitrogen and oxygen atoms in total. The molecule has 84 valence electrons. The van der Waals surface area contributed by atoms with Gasteiger partial charge in [-0.3, -0.25) is 10.3 Å². The van der Waals surface area contributed by atoms with E-state index in [9.17, 15) is 0 Å². The number of hydrogen-bond acceptors (Lipinski definition) is 6. The molecule has 1 aromatic heterocycles. The van der Waals surface area contributed by atoms with Crippen molar-refractivity contribution in [2.75, 3.05) is 25.6 Å². The van der Waals surface area contributed by atoms with Crippen LogP contribution < -0.4 is 11.3 Å². The fourth-order valence-electron chi connectivity index (χ4n) is 1.80. The van der Waals surface area contributed by atoms with Crippen LogP contribution in [0.4, 0.5) is 5.13 Å². The monoisotopic (exact) mass is 228 g/mol. The Hall–Kier alpha value is -0.690. The van der Waals surface area contributed by atoms with Crippen LogP contribution in [0.2, 0.25) is 0 Å². The number of nitrogens with zero attached hydrogens (tertiary/aromatic N) is 2. The maximum absolute atomic E-state index is 5.32. The summed E-state index contributed by atoms with van der Waals surface area (Å²) >= 11 is 1.60. The number of hydrazine groups is 1. The molecule has 1 aromatic rings. The number of likely N-dealkylation sites (tertiary alicyclic amines) is 1. The Bertz CT molecular complexity index is 317. The average molecular weight is 228 g/mol. The topological polar surface area (TPSA) is 63.4 Å². The Morgan fingerprint density at radius 3 is 3.27 bits per heavy atom. The van der Waals surface area contributed by atoms with Crippen molar-refractivity contribution >= 4 is 16.5 Å². The van der Waals surface area contributed by atoms with Gasteiger partial charge < -0.3 is 4.74 Å². The Kier molecular flexibility index (Phi) is 3.53. The SMILES string of the molecule is COC1CCN(Cc2cnc(NN)s2)C1. The second-order valence-corrected chi connectivity index (χ2v) is 4.77. The molecule has 6 heteroatoms. The third kappa shape index (κ3) is 2.66. The average Bonchev–Trinajstić information content (AvgIpc) is 2.87. The predicted octanol–water partition coefficient (Wildman–Crippen LogP) is 0.649. The number of methoxy groups -OCH3 is 1. The number of ether oxygens (including phenoxy) is 1. The molecular formula is C9H16N4OS. The molecule has 0 aliphatic carbocycles. The second kappa shape index (κ2) is 4.89. The van der Waals surface area contributed by atoms with Crippen LogP contribution in [-0.4, -0.2) is 36.2 Å². The van der Waals surface area contributed by atoms with Crippen molar-refractivity contribution in [2.45, 2.75) is 19.1 Å². The van der Waals surface area contributed by atoms with E-state index < -0.39 is 0 Å². The molecule has 15 heavy (non-hydrogen) atoms. The van der Waals surface area contributed by atoms with E-state index in [0.717, 1.165) is 31.2 Å². The van der Waals surface area contributed by atoms with Gasteiger partial charge in [0.25, 0.3) is 0 Å². The number of anilines is 1. The highest BCUT2D eigenvalue weighted by molar-refractivity contribution is 7.15. The van der Waals surface area contributed by atoms with Crippen LogP contribution in [0.15, 0.2) is 6.20 Å². The zero-order valence-corrected chi connectivity index (χ0v) is 9.59. The summed E-state index contributed by atoms with van der Waals surface area (Å²) in [6.07, 6.45) is 3.39. The van der Waals surface area contributed by atoms with Gasteiger partial charge in [-0.05, 0) is 6.42 Å². The molecule has 1 fully saturated rings. The van der Waals surface area contributed by atoms with Crippen molar-refractivity contribution in [1.82, 2.24) is 9.88 Å². The second-order valence-electron chi connectivity index (χ2n) is 3.66. The van der Waals surface area contributed by atoms with Crippen LogP contribution >= 0.6 is 11.3 Å². The van der Waals surface area contributed by atoms with E-state index in [-0.39, 0.29) is 0 Å². The summed E-state index contributed by atoms with van der Waals surface area (Å²) < 4.78 is 5.32. The lowest BCUT2D eigenvalue weighted by Crippen LogP contribution is -2.21. The maximum Gasteiger partial charge on any atom is 0.197 e. The van der Waals surface area contributed by atoms with E-state index in [1.54, 1.807) is 18.4 Å². The van der Waals surface area contributed by atoms with Gasteiger partial charge in [0.1, 0.15) is 0 Å². The van der Waals surface area contributed by atoms with Crippen molar-refractivity contribution < 1.29 is 4.74 Å². The fraction of sp³-hybridized carbons (Fsp3) is 0.667. The molecule has 1 aliphatic heterocycles. The fourth-order valence-corrected chi connectivity index (χ4v) is 2.57. The molecule has 3 N–H and O–H groups in total. The van der Waals surface area contributed by atoms with E-state index in [4.69, 9.17) is 10.6 Å². The number of thiazole rings is 1. The highest BCUT2D eigenvalue weighted by Crippen LogP contribution is 2.21. The number of nitrogen functional groups attached to an aromatic ring is 1. The van der Waals surface area contributed by atoms with Gasteiger partial charge in [-0.1, -0.05) is 11.3 Å². The minimum atomic E-state index is 0.394. The largest absolute Gasteiger partial charge is 0.380 e. The number of nitrogens with one attached hydrogen (secondary N) is 1. The highest BCUT2D eigenvalue weighted by Gasteiger charge is 2.22. The van der Waals surface area contributed by atoms with Gasteiger partial charge in [-0.15, -0.1) is 0 Å². The summed E-state index contributed by atoms with van der Waals surface area (Å²) in [5, 5.41) is 0.771. The third-order valence-corrected chi connectivity index (χ3v) is 3.53. The van der Waals surface area contributed by atoms with Crippen molar-refractivity contribution in [3.05, 3.63) is 11.1 Å². The van der Waals surface area contributed by atoms with Crippen LogP contribution in [0.5, 0.6) is 0 Å². The molecule has 1 saturated heterocycles. The quantitative estimate of drug-likeness (QED) is 0.585. The summed E-state index contributed by atoms with van der Waals surface area (Å²) in [7, 11) is 1.78. The van der Waals surface area contributed by atoms with Gasteiger partial charge in [-0.25, -0.2) is 10.8 Å². The molecule has 0 amide bonds. The molecule has 0 radical (unpaired) electrons. The molecule has 1 aliphatic rings. The van der Waals surface area contributed by atoms with Gasteiger partial charge in [0.2, 0.25) is 0 Å². The Labute approximate surface area is 93.2 Å². The Morgan fingerprint density at radius 2 is 2.67 bits per heavy atom. The summed E-state index contributed by atoms with van der Waals surface area (Å²) in [4.78, 5) is 7.75. The van der Waals surface area contributed by atoms with Crippen molar-refractivity contribution in [3.63, 3.8) is 0 Å². The minimum Gasteiger partial charge on any atom is -0.380 e. The summed E-state index contributed by atoms with van der Waals surface area (Å²) in [6.45, 7) is 3.06. The zero-order valence-electron chi connectivity index (χ0n) is 8.77. The van der Waals surface area contributed by atoms with Gasteiger partial charge >= 0.3 is 0 Å².